The molecule has 0 atom stereocenters. The van der Waals surface area contributed by atoms with Crippen molar-refractivity contribution in [3.05, 3.63) is 30.1 Å². The van der Waals surface area contributed by atoms with Gasteiger partial charge in [0.05, 0.1) is 20.6 Å². The maximum Gasteiger partial charge on any atom is 0.244 e. The molecule has 0 saturated carbocycles. The Bertz CT molecular complexity index is 810. The first-order valence-corrected chi connectivity index (χ1v) is 9.08. The van der Waals surface area contributed by atoms with Crippen molar-refractivity contribution in [2.45, 2.75) is 19.4 Å². The Hall–Kier alpha value is -3.17. The average molecular weight is 388 g/mol. The number of tetrazole rings is 1. The van der Waals surface area contributed by atoms with Crippen molar-refractivity contribution >= 4 is 11.8 Å². The Labute approximate surface area is 163 Å². The molecule has 2 amide bonds. The maximum absolute atomic E-state index is 12.7. The Morgan fingerprint density at radius 3 is 2.36 bits per heavy atom. The van der Waals surface area contributed by atoms with Crippen LogP contribution in [0, 0.1) is 0 Å². The number of carbonyl (C=O) groups excluding carboxylic acids is 2. The lowest BCUT2D eigenvalue weighted by Gasteiger charge is -2.22. The van der Waals surface area contributed by atoms with Gasteiger partial charge in [0.2, 0.25) is 11.8 Å². The summed E-state index contributed by atoms with van der Waals surface area (Å²) in [6.45, 7) is 2.35. The summed E-state index contributed by atoms with van der Waals surface area (Å²) < 4.78 is 11.9. The number of aromatic nitrogens is 4. The predicted molar refractivity (Wildman–Crippen MR) is 98.8 cm³/mol. The lowest BCUT2D eigenvalue weighted by atomic mass is 10.1. The van der Waals surface area contributed by atoms with E-state index in [0.717, 1.165) is 12.0 Å². The predicted octanol–water partition coefficient (Wildman–Crippen LogP) is -0.00610. The highest BCUT2D eigenvalue weighted by Gasteiger charge is 2.22. The first kappa shape index (κ1) is 19.6. The molecule has 0 radical (unpaired) electrons. The van der Waals surface area contributed by atoms with Crippen LogP contribution in [-0.2, 0) is 22.6 Å². The third kappa shape index (κ3) is 4.76. The second-order valence-electron chi connectivity index (χ2n) is 6.49. The molecule has 0 aliphatic carbocycles. The van der Waals surface area contributed by atoms with Crippen molar-refractivity contribution < 1.29 is 19.1 Å². The van der Waals surface area contributed by atoms with Crippen molar-refractivity contribution in [1.82, 2.24) is 30.0 Å². The van der Waals surface area contributed by atoms with Gasteiger partial charge in [-0.15, -0.1) is 5.10 Å². The van der Waals surface area contributed by atoms with Gasteiger partial charge in [0.25, 0.3) is 0 Å². The fourth-order valence-corrected chi connectivity index (χ4v) is 3.18. The molecule has 0 N–H and O–H groups in total. The monoisotopic (exact) mass is 388 g/mol. The normalized spacial score (nSPS) is 14.5. The first-order valence-electron chi connectivity index (χ1n) is 9.08. The number of carbonyl (C=O) groups is 2. The summed E-state index contributed by atoms with van der Waals surface area (Å²) in [6, 6.07) is 5.47. The molecule has 10 heteroatoms. The van der Waals surface area contributed by atoms with Crippen LogP contribution < -0.4 is 9.47 Å². The molecule has 1 aliphatic heterocycles. The molecule has 0 spiro atoms. The number of hydrogen-bond acceptors (Lipinski definition) is 7. The second kappa shape index (κ2) is 9.16. The number of methoxy groups -OCH3 is 2. The molecule has 150 valence electrons. The molecular weight excluding hydrogens is 364 g/mol. The minimum Gasteiger partial charge on any atom is -0.493 e. The molecule has 3 rings (SSSR count). The highest BCUT2D eigenvalue weighted by molar-refractivity contribution is 5.79. The Kier molecular flexibility index (Phi) is 6.41. The maximum atomic E-state index is 12.7. The summed E-state index contributed by atoms with van der Waals surface area (Å²) in [4.78, 5) is 28.7. The van der Waals surface area contributed by atoms with Crippen molar-refractivity contribution in [2.75, 3.05) is 40.4 Å². The van der Waals surface area contributed by atoms with Crippen LogP contribution in [0.2, 0.25) is 0 Å². The lowest BCUT2D eigenvalue weighted by Crippen LogP contribution is -2.39. The number of benzene rings is 1. The quantitative estimate of drug-likeness (QED) is 0.686. The average Bonchev–Trinajstić information content (AvgIpc) is 3.08. The molecule has 1 aliphatic rings. The zero-order valence-electron chi connectivity index (χ0n) is 16.1. The van der Waals surface area contributed by atoms with E-state index in [1.165, 1.54) is 11.0 Å². The van der Waals surface area contributed by atoms with Gasteiger partial charge >= 0.3 is 0 Å². The van der Waals surface area contributed by atoms with E-state index in [1.807, 2.05) is 12.1 Å². The third-order valence-corrected chi connectivity index (χ3v) is 4.69. The van der Waals surface area contributed by atoms with Gasteiger partial charge in [-0.3, -0.25) is 9.59 Å². The topological polar surface area (TPSA) is 103 Å². The van der Waals surface area contributed by atoms with Crippen LogP contribution in [0.3, 0.4) is 0 Å². The van der Waals surface area contributed by atoms with E-state index in [0.29, 0.717) is 37.7 Å². The Morgan fingerprint density at radius 2 is 1.71 bits per heavy atom. The van der Waals surface area contributed by atoms with Crippen LogP contribution >= 0.6 is 0 Å². The SMILES string of the molecule is COc1ccc(CC(=O)N2CCCN(C(=O)Cn3cnnn3)CC2)cc1OC. The van der Waals surface area contributed by atoms with Crippen molar-refractivity contribution in [3.63, 3.8) is 0 Å². The molecule has 1 aromatic heterocycles. The molecule has 1 aromatic carbocycles. The summed E-state index contributed by atoms with van der Waals surface area (Å²) in [5, 5.41) is 10.8. The van der Waals surface area contributed by atoms with Gasteiger partial charge in [-0.1, -0.05) is 6.07 Å². The van der Waals surface area contributed by atoms with E-state index in [9.17, 15) is 9.59 Å². The first-order chi connectivity index (χ1) is 13.6. The molecular formula is C18H24N6O4. The largest absolute Gasteiger partial charge is 0.493 e. The van der Waals surface area contributed by atoms with Gasteiger partial charge in [-0.25, -0.2) is 4.68 Å². The number of ether oxygens (including phenoxy) is 2. The van der Waals surface area contributed by atoms with E-state index >= 15 is 0 Å². The van der Waals surface area contributed by atoms with Crippen LogP contribution in [0.25, 0.3) is 0 Å². The van der Waals surface area contributed by atoms with Gasteiger partial charge in [-0.2, -0.15) is 0 Å². The van der Waals surface area contributed by atoms with E-state index in [2.05, 4.69) is 15.5 Å². The molecule has 1 saturated heterocycles. The van der Waals surface area contributed by atoms with Gasteiger partial charge in [0.1, 0.15) is 12.9 Å². The lowest BCUT2D eigenvalue weighted by molar-refractivity contribution is -0.133. The summed E-state index contributed by atoms with van der Waals surface area (Å²) in [7, 11) is 3.14. The summed E-state index contributed by atoms with van der Waals surface area (Å²) in [5.41, 5.74) is 0.860. The van der Waals surface area contributed by atoms with Gasteiger partial charge in [0.15, 0.2) is 11.5 Å². The fourth-order valence-electron chi connectivity index (χ4n) is 3.18. The molecule has 10 nitrogen and oxygen atoms in total. The van der Waals surface area contributed by atoms with Crippen molar-refractivity contribution in [1.29, 1.82) is 0 Å². The molecule has 2 aromatic rings. The van der Waals surface area contributed by atoms with Gasteiger partial charge < -0.3 is 19.3 Å². The summed E-state index contributed by atoms with van der Waals surface area (Å²) in [6.07, 6.45) is 2.42. The minimum atomic E-state index is -0.0542. The molecule has 0 bridgehead atoms. The van der Waals surface area contributed by atoms with Crippen LogP contribution in [0.5, 0.6) is 11.5 Å². The smallest absolute Gasteiger partial charge is 0.244 e. The van der Waals surface area contributed by atoms with Crippen LogP contribution in [0.4, 0.5) is 0 Å². The third-order valence-electron chi connectivity index (χ3n) is 4.69. The molecule has 1 fully saturated rings. The summed E-state index contributed by atoms with van der Waals surface area (Å²) in [5.74, 6) is 1.21. The fraction of sp³-hybridized carbons (Fsp3) is 0.500. The summed E-state index contributed by atoms with van der Waals surface area (Å²) >= 11 is 0. The zero-order chi connectivity index (χ0) is 19.9. The number of hydrogen-bond donors (Lipinski definition) is 0. The highest BCUT2D eigenvalue weighted by atomic mass is 16.5. The second-order valence-corrected chi connectivity index (χ2v) is 6.49. The van der Waals surface area contributed by atoms with Gasteiger partial charge in [0, 0.05) is 26.2 Å². The Balaban J connectivity index is 1.56. The molecule has 2 heterocycles. The van der Waals surface area contributed by atoms with Crippen molar-refractivity contribution in [3.8, 4) is 11.5 Å². The van der Waals surface area contributed by atoms with Crippen LogP contribution in [0.15, 0.2) is 24.5 Å². The van der Waals surface area contributed by atoms with Gasteiger partial charge in [-0.05, 0) is 34.5 Å². The van der Waals surface area contributed by atoms with E-state index in [-0.39, 0.29) is 24.8 Å². The van der Waals surface area contributed by atoms with Crippen LogP contribution in [-0.4, -0.2) is 82.2 Å². The minimum absolute atomic E-state index is 0.0296. The van der Waals surface area contributed by atoms with E-state index in [1.54, 1.807) is 30.1 Å². The van der Waals surface area contributed by atoms with Crippen LogP contribution in [0.1, 0.15) is 12.0 Å². The molecule has 28 heavy (non-hydrogen) atoms. The number of amides is 2. The Morgan fingerprint density at radius 1 is 1.00 bits per heavy atom. The molecule has 0 unspecified atom stereocenters. The zero-order valence-corrected chi connectivity index (χ0v) is 16.1. The number of nitrogens with zero attached hydrogens (tertiary/aromatic N) is 6. The van der Waals surface area contributed by atoms with Crippen molar-refractivity contribution in [2.24, 2.45) is 0 Å². The van der Waals surface area contributed by atoms with E-state index in [4.69, 9.17) is 9.47 Å². The number of rotatable bonds is 6. The highest BCUT2D eigenvalue weighted by Crippen LogP contribution is 2.27. The van der Waals surface area contributed by atoms with E-state index < -0.39 is 0 Å². The standard InChI is InChI=1S/C18H24N6O4/c1-27-15-5-4-14(10-16(15)28-2)11-17(25)22-6-3-7-23(9-8-22)18(26)12-24-13-19-20-21-24/h4-5,10,13H,3,6-9,11-12H2,1-2H3.